The quantitative estimate of drug-likeness (QED) is 0.348. The molecule has 1 aromatic carbocycles. The summed E-state index contributed by atoms with van der Waals surface area (Å²) in [5, 5.41) is 10.7. The predicted octanol–water partition coefficient (Wildman–Crippen LogP) is 3.85. The molecule has 2 unspecified atom stereocenters. The maximum Gasteiger partial charge on any atom is 0.338 e. The summed E-state index contributed by atoms with van der Waals surface area (Å²) in [7, 11) is 0. The largest absolute Gasteiger partial charge is 0.453 e. The molecular weight excluding hydrogens is 362 g/mol. The molecule has 0 aliphatic heterocycles. The minimum atomic E-state index is -0.488. The van der Waals surface area contributed by atoms with Crippen LogP contribution >= 0.6 is 15.9 Å². The average Bonchev–Trinajstić information content (AvgIpc) is 3.21. The molecule has 5 atom stereocenters. The van der Waals surface area contributed by atoms with Crippen LogP contribution in [0.25, 0.3) is 0 Å². The Bertz CT molecular complexity index is 739. The van der Waals surface area contributed by atoms with E-state index in [1.54, 1.807) is 0 Å². The van der Waals surface area contributed by atoms with E-state index in [4.69, 9.17) is 4.74 Å². The number of carbonyl (C=O) groups excluding carboxylic acids is 1. The molecule has 0 aromatic heterocycles. The first-order chi connectivity index (χ1) is 11.0. The third-order valence-corrected chi connectivity index (χ3v) is 5.82. The summed E-state index contributed by atoms with van der Waals surface area (Å²) in [6.45, 7) is 0. The van der Waals surface area contributed by atoms with Crippen molar-refractivity contribution in [3.8, 4) is 0 Å². The van der Waals surface area contributed by atoms with Crippen LogP contribution in [0.1, 0.15) is 16.8 Å². The van der Waals surface area contributed by atoms with Crippen molar-refractivity contribution in [2.75, 3.05) is 0 Å². The van der Waals surface area contributed by atoms with Gasteiger partial charge >= 0.3 is 5.97 Å². The van der Waals surface area contributed by atoms with E-state index in [0.29, 0.717) is 29.2 Å². The van der Waals surface area contributed by atoms with E-state index in [9.17, 15) is 14.9 Å². The molecule has 1 fully saturated rings. The number of benzene rings is 1. The molecule has 3 aliphatic rings. The van der Waals surface area contributed by atoms with Crippen molar-refractivity contribution in [2.24, 2.45) is 23.7 Å². The number of fused-ring (bicyclic) bond motifs is 5. The zero-order chi connectivity index (χ0) is 16.1. The number of ether oxygens (including phenoxy) is 1. The van der Waals surface area contributed by atoms with Crippen molar-refractivity contribution in [3.63, 3.8) is 0 Å². The molecule has 0 amide bonds. The molecule has 0 spiro atoms. The van der Waals surface area contributed by atoms with E-state index in [1.165, 1.54) is 24.3 Å². The number of hydrogen-bond donors (Lipinski definition) is 0. The molecule has 1 saturated carbocycles. The number of non-ortho nitro benzene ring substituents is 1. The Morgan fingerprint density at radius 1 is 1.22 bits per heavy atom. The highest BCUT2D eigenvalue weighted by molar-refractivity contribution is 9.11. The second-order valence-corrected chi connectivity index (χ2v) is 7.20. The highest BCUT2D eigenvalue weighted by atomic mass is 79.9. The fourth-order valence-corrected chi connectivity index (χ4v) is 4.76. The summed E-state index contributed by atoms with van der Waals surface area (Å²) in [6, 6.07) is 5.51. The van der Waals surface area contributed by atoms with Crippen molar-refractivity contribution < 1.29 is 14.5 Å². The Kier molecular flexibility index (Phi) is 3.37. The molecule has 6 heteroatoms. The molecule has 1 aromatic rings. The highest BCUT2D eigenvalue weighted by Crippen LogP contribution is 2.56. The standard InChI is InChI=1S/C17H14BrNO4/c18-14-8-13-10-1-2-11(7-10)15(13)16(14)23-17(20)9-3-5-12(6-4-9)19(21)22/h1-6,8,10-11,13,15-16H,7H2/t10?,11?,13-,15+,16+/m0/s1. The minimum Gasteiger partial charge on any atom is -0.453 e. The van der Waals surface area contributed by atoms with Gasteiger partial charge < -0.3 is 4.74 Å². The first-order valence-electron chi connectivity index (χ1n) is 7.55. The lowest BCUT2D eigenvalue weighted by molar-refractivity contribution is -0.384. The number of esters is 1. The van der Waals surface area contributed by atoms with Gasteiger partial charge in [-0.05, 0) is 36.3 Å². The van der Waals surface area contributed by atoms with E-state index in [-0.39, 0.29) is 11.8 Å². The Balaban J connectivity index is 1.51. The number of nitrogens with zero attached hydrogens (tertiary/aromatic N) is 1. The monoisotopic (exact) mass is 375 g/mol. The molecule has 23 heavy (non-hydrogen) atoms. The van der Waals surface area contributed by atoms with E-state index in [1.807, 2.05) is 0 Å². The topological polar surface area (TPSA) is 69.4 Å². The van der Waals surface area contributed by atoms with Crippen LogP contribution in [-0.4, -0.2) is 17.0 Å². The van der Waals surface area contributed by atoms with Gasteiger partial charge in [0.1, 0.15) is 6.10 Å². The zero-order valence-corrected chi connectivity index (χ0v) is 13.7. The van der Waals surface area contributed by atoms with Gasteiger partial charge in [-0.2, -0.15) is 0 Å². The Hall–Kier alpha value is -1.95. The van der Waals surface area contributed by atoms with Gasteiger partial charge in [-0.15, -0.1) is 0 Å². The SMILES string of the molecule is O=C(O[C@@H]1C(Br)=C[C@H]2C3C=CC(C3)[C@@H]12)c1ccc([N+](=O)[O-])cc1. The Morgan fingerprint density at radius 3 is 2.61 bits per heavy atom. The normalized spacial score (nSPS) is 33.4. The number of rotatable bonds is 3. The molecule has 2 bridgehead atoms. The third kappa shape index (κ3) is 2.32. The maximum absolute atomic E-state index is 12.4. The summed E-state index contributed by atoms with van der Waals surface area (Å²) >= 11 is 3.54. The molecule has 0 heterocycles. The van der Waals surface area contributed by atoms with Gasteiger partial charge in [0.15, 0.2) is 0 Å². The van der Waals surface area contributed by atoms with Crippen molar-refractivity contribution >= 4 is 27.6 Å². The molecule has 0 N–H and O–H groups in total. The number of hydrogen-bond acceptors (Lipinski definition) is 4. The van der Waals surface area contributed by atoms with E-state index in [2.05, 4.69) is 34.2 Å². The second-order valence-electron chi connectivity index (χ2n) is 6.28. The molecular formula is C17H14BrNO4. The van der Waals surface area contributed by atoms with Gasteiger partial charge in [-0.25, -0.2) is 4.79 Å². The Morgan fingerprint density at radius 2 is 1.91 bits per heavy atom. The maximum atomic E-state index is 12.4. The van der Waals surface area contributed by atoms with Crippen LogP contribution in [0.5, 0.6) is 0 Å². The number of allylic oxidation sites excluding steroid dienone is 3. The molecule has 118 valence electrons. The lowest BCUT2D eigenvalue weighted by Gasteiger charge is -2.26. The summed E-state index contributed by atoms with van der Waals surface area (Å²) in [4.78, 5) is 22.5. The fourth-order valence-electron chi connectivity index (χ4n) is 4.06. The summed E-state index contributed by atoms with van der Waals surface area (Å²) in [5.74, 6) is 1.32. The fraction of sp³-hybridized carbons (Fsp3) is 0.353. The number of nitro groups is 1. The minimum absolute atomic E-state index is 0.0400. The first kappa shape index (κ1) is 14.6. The van der Waals surface area contributed by atoms with Gasteiger partial charge in [-0.1, -0.05) is 34.2 Å². The van der Waals surface area contributed by atoms with Crippen molar-refractivity contribution in [1.29, 1.82) is 0 Å². The molecule has 3 aliphatic carbocycles. The van der Waals surface area contributed by atoms with E-state index < -0.39 is 10.9 Å². The van der Waals surface area contributed by atoms with Crippen LogP contribution in [0.2, 0.25) is 0 Å². The van der Waals surface area contributed by atoms with Gasteiger partial charge in [0, 0.05) is 22.5 Å². The van der Waals surface area contributed by atoms with Gasteiger partial charge in [-0.3, -0.25) is 10.1 Å². The van der Waals surface area contributed by atoms with Gasteiger partial charge in [0.25, 0.3) is 5.69 Å². The van der Waals surface area contributed by atoms with Crippen molar-refractivity contribution in [1.82, 2.24) is 0 Å². The smallest absolute Gasteiger partial charge is 0.338 e. The van der Waals surface area contributed by atoms with Crippen molar-refractivity contribution in [2.45, 2.75) is 12.5 Å². The highest BCUT2D eigenvalue weighted by Gasteiger charge is 2.52. The number of nitro benzene ring substituents is 1. The molecule has 0 saturated heterocycles. The summed E-state index contributed by atoms with van der Waals surface area (Å²) < 4.78 is 6.65. The molecule has 5 nitrogen and oxygen atoms in total. The molecule has 0 radical (unpaired) electrons. The third-order valence-electron chi connectivity index (χ3n) is 5.10. The molecule has 4 rings (SSSR count). The first-order valence-corrected chi connectivity index (χ1v) is 8.35. The number of halogens is 1. The number of carbonyl (C=O) groups is 1. The summed E-state index contributed by atoms with van der Waals surface area (Å²) in [6.07, 6.45) is 7.55. The van der Waals surface area contributed by atoms with Crippen LogP contribution in [0, 0.1) is 33.8 Å². The second kappa shape index (κ2) is 5.30. The van der Waals surface area contributed by atoms with Crippen LogP contribution in [0.3, 0.4) is 0 Å². The Labute approximate surface area is 141 Å². The summed E-state index contributed by atoms with van der Waals surface area (Å²) in [5.41, 5.74) is 0.292. The average molecular weight is 376 g/mol. The van der Waals surface area contributed by atoms with Crippen LogP contribution in [0.4, 0.5) is 5.69 Å². The van der Waals surface area contributed by atoms with Gasteiger partial charge in [0.2, 0.25) is 0 Å². The van der Waals surface area contributed by atoms with Crippen molar-refractivity contribution in [3.05, 3.63) is 62.7 Å². The van der Waals surface area contributed by atoms with E-state index >= 15 is 0 Å². The van der Waals surface area contributed by atoms with Crippen LogP contribution in [0.15, 0.2) is 47.0 Å². The van der Waals surface area contributed by atoms with Crippen LogP contribution in [-0.2, 0) is 4.74 Å². The zero-order valence-electron chi connectivity index (χ0n) is 12.1. The van der Waals surface area contributed by atoms with Crippen LogP contribution < -0.4 is 0 Å². The lowest BCUT2D eigenvalue weighted by Crippen LogP contribution is -2.30. The lowest BCUT2D eigenvalue weighted by atomic mass is 9.84. The van der Waals surface area contributed by atoms with E-state index in [0.717, 1.165) is 10.9 Å². The van der Waals surface area contributed by atoms with Gasteiger partial charge in [0.05, 0.1) is 10.5 Å². The predicted molar refractivity (Wildman–Crippen MR) is 87.0 cm³/mol.